The lowest BCUT2D eigenvalue weighted by Gasteiger charge is -2.19. The second-order valence-electron chi connectivity index (χ2n) is 5.74. The molecule has 1 aromatic rings. The maximum atomic E-state index is 5.81. The molecule has 20 heavy (non-hydrogen) atoms. The van der Waals surface area contributed by atoms with Gasteiger partial charge in [-0.1, -0.05) is 12.8 Å². The number of ether oxygens (including phenoxy) is 2. The van der Waals surface area contributed by atoms with E-state index in [0.717, 1.165) is 24.7 Å². The zero-order valence-electron chi connectivity index (χ0n) is 12.8. The van der Waals surface area contributed by atoms with Crippen molar-refractivity contribution in [1.29, 1.82) is 0 Å². The fraction of sp³-hybridized carbons (Fsp3) is 0.647. The second kappa shape index (κ2) is 8.15. The van der Waals surface area contributed by atoms with Crippen LogP contribution in [-0.4, -0.2) is 37.2 Å². The molecule has 3 nitrogen and oxygen atoms in total. The first kappa shape index (κ1) is 15.2. The lowest BCUT2D eigenvalue weighted by atomic mass is 10.2. The first-order valence-corrected chi connectivity index (χ1v) is 7.86. The van der Waals surface area contributed by atoms with Gasteiger partial charge in [0.15, 0.2) is 0 Å². The van der Waals surface area contributed by atoms with E-state index in [4.69, 9.17) is 9.47 Å². The van der Waals surface area contributed by atoms with Crippen LogP contribution in [0.2, 0.25) is 0 Å². The van der Waals surface area contributed by atoms with E-state index in [1.165, 1.54) is 38.8 Å². The summed E-state index contributed by atoms with van der Waals surface area (Å²) in [5, 5.41) is 0. The summed E-state index contributed by atoms with van der Waals surface area (Å²) < 4.78 is 11.4. The molecule has 1 aromatic carbocycles. The Hall–Kier alpha value is -1.22. The summed E-state index contributed by atoms with van der Waals surface area (Å²) in [6, 6.07) is 7.92. The minimum Gasteiger partial charge on any atom is -0.492 e. The zero-order chi connectivity index (χ0) is 14.2. The summed E-state index contributed by atoms with van der Waals surface area (Å²) in [5.41, 5.74) is 0. The molecule has 0 saturated carbocycles. The predicted octanol–water partition coefficient (Wildman–Crippen LogP) is 3.73. The van der Waals surface area contributed by atoms with E-state index in [1.54, 1.807) is 0 Å². The van der Waals surface area contributed by atoms with Crippen molar-refractivity contribution < 1.29 is 9.47 Å². The third kappa shape index (κ3) is 5.41. The van der Waals surface area contributed by atoms with Crippen LogP contribution >= 0.6 is 0 Å². The van der Waals surface area contributed by atoms with E-state index in [-0.39, 0.29) is 6.10 Å². The molecule has 3 heteroatoms. The van der Waals surface area contributed by atoms with Crippen LogP contribution in [0.15, 0.2) is 24.3 Å². The molecule has 0 radical (unpaired) electrons. The van der Waals surface area contributed by atoms with Gasteiger partial charge in [0.2, 0.25) is 0 Å². The summed E-state index contributed by atoms with van der Waals surface area (Å²) >= 11 is 0. The molecule has 0 bridgehead atoms. The van der Waals surface area contributed by atoms with Crippen LogP contribution < -0.4 is 9.47 Å². The summed E-state index contributed by atoms with van der Waals surface area (Å²) in [6.07, 6.45) is 5.65. The van der Waals surface area contributed by atoms with Crippen molar-refractivity contribution in [3.05, 3.63) is 24.3 Å². The van der Waals surface area contributed by atoms with Gasteiger partial charge >= 0.3 is 0 Å². The standard InChI is InChI=1S/C17H27NO2/c1-15(2)20-17-9-7-16(8-10-17)19-14-13-18-11-5-3-4-6-12-18/h7-10,15H,3-6,11-14H2,1-2H3. The molecule has 0 aliphatic carbocycles. The van der Waals surface area contributed by atoms with E-state index in [2.05, 4.69) is 4.90 Å². The van der Waals surface area contributed by atoms with Crippen LogP contribution in [0.4, 0.5) is 0 Å². The van der Waals surface area contributed by atoms with Gasteiger partial charge in [0.1, 0.15) is 18.1 Å². The number of likely N-dealkylation sites (tertiary alicyclic amines) is 1. The van der Waals surface area contributed by atoms with Crippen LogP contribution in [0, 0.1) is 0 Å². The van der Waals surface area contributed by atoms with E-state index < -0.39 is 0 Å². The third-order valence-electron chi connectivity index (χ3n) is 3.57. The average molecular weight is 277 g/mol. The molecule has 112 valence electrons. The maximum absolute atomic E-state index is 5.81. The summed E-state index contributed by atoms with van der Waals surface area (Å²) in [4.78, 5) is 2.52. The van der Waals surface area contributed by atoms with Gasteiger partial charge in [-0.25, -0.2) is 0 Å². The summed E-state index contributed by atoms with van der Waals surface area (Å²) in [6.45, 7) is 8.32. The topological polar surface area (TPSA) is 21.7 Å². The Labute approximate surface area is 122 Å². The minimum absolute atomic E-state index is 0.213. The fourth-order valence-corrected chi connectivity index (χ4v) is 2.54. The monoisotopic (exact) mass is 277 g/mol. The van der Waals surface area contributed by atoms with Crippen molar-refractivity contribution in [3.8, 4) is 11.5 Å². The molecule has 1 fully saturated rings. The Bertz CT molecular complexity index is 367. The Morgan fingerprint density at radius 3 is 2.15 bits per heavy atom. The first-order valence-electron chi connectivity index (χ1n) is 7.86. The quantitative estimate of drug-likeness (QED) is 0.791. The molecular formula is C17H27NO2. The highest BCUT2D eigenvalue weighted by Gasteiger charge is 2.08. The van der Waals surface area contributed by atoms with E-state index >= 15 is 0 Å². The SMILES string of the molecule is CC(C)Oc1ccc(OCCN2CCCCCC2)cc1. The molecule has 1 heterocycles. The Kier molecular flexibility index (Phi) is 6.19. The van der Waals surface area contributed by atoms with Gasteiger partial charge < -0.3 is 9.47 Å². The molecule has 0 amide bonds. The lowest BCUT2D eigenvalue weighted by Crippen LogP contribution is -2.29. The molecule has 0 spiro atoms. The van der Waals surface area contributed by atoms with Crippen LogP contribution in [0.1, 0.15) is 39.5 Å². The van der Waals surface area contributed by atoms with Crippen LogP contribution in [0.5, 0.6) is 11.5 Å². The second-order valence-corrected chi connectivity index (χ2v) is 5.74. The first-order chi connectivity index (χ1) is 9.74. The maximum Gasteiger partial charge on any atom is 0.119 e. The molecular weight excluding hydrogens is 250 g/mol. The molecule has 1 aliphatic heterocycles. The van der Waals surface area contributed by atoms with Crippen molar-refractivity contribution >= 4 is 0 Å². The Morgan fingerprint density at radius 1 is 0.950 bits per heavy atom. The van der Waals surface area contributed by atoms with E-state index in [1.807, 2.05) is 38.1 Å². The molecule has 1 saturated heterocycles. The van der Waals surface area contributed by atoms with E-state index in [0.29, 0.717) is 0 Å². The lowest BCUT2D eigenvalue weighted by molar-refractivity contribution is 0.213. The molecule has 0 atom stereocenters. The van der Waals surface area contributed by atoms with Crippen molar-refractivity contribution in [2.45, 2.75) is 45.6 Å². The Morgan fingerprint density at radius 2 is 1.55 bits per heavy atom. The number of rotatable bonds is 6. The molecule has 0 unspecified atom stereocenters. The van der Waals surface area contributed by atoms with Crippen molar-refractivity contribution in [3.63, 3.8) is 0 Å². The highest BCUT2D eigenvalue weighted by Crippen LogP contribution is 2.18. The molecule has 0 aromatic heterocycles. The van der Waals surface area contributed by atoms with Crippen LogP contribution in [0.3, 0.4) is 0 Å². The summed E-state index contributed by atoms with van der Waals surface area (Å²) in [5.74, 6) is 1.83. The van der Waals surface area contributed by atoms with Crippen LogP contribution in [-0.2, 0) is 0 Å². The average Bonchev–Trinajstić information content (AvgIpc) is 2.69. The van der Waals surface area contributed by atoms with Gasteiger partial charge in [0.05, 0.1) is 6.10 Å². The zero-order valence-corrected chi connectivity index (χ0v) is 12.8. The van der Waals surface area contributed by atoms with Gasteiger partial charge in [0, 0.05) is 6.54 Å². The smallest absolute Gasteiger partial charge is 0.119 e. The van der Waals surface area contributed by atoms with Crippen molar-refractivity contribution in [2.75, 3.05) is 26.2 Å². The van der Waals surface area contributed by atoms with Gasteiger partial charge in [-0.15, -0.1) is 0 Å². The van der Waals surface area contributed by atoms with Crippen molar-refractivity contribution in [2.24, 2.45) is 0 Å². The van der Waals surface area contributed by atoms with Crippen LogP contribution in [0.25, 0.3) is 0 Å². The highest BCUT2D eigenvalue weighted by atomic mass is 16.5. The normalized spacial score (nSPS) is 16.9. The van der Waals surface area contributed by atoms with Gasteiger partial charge in [-0.2, -0.15) is 0 Å². The van der Waals surface area contributed by atoms with Gasteiger partial charge in [-0.3, -0.25) is 4.90 Å². The highest BCUT2D eigenvalue weighted by molar-refractivity contribution is 5.31. The number of hydrogen-bond acceptors (Lipinski definition) is 3. The number of hydrogen-bond donors (Lipinski definition) is 0. The van der Waals surface area contributed by atoms with Crippen molar-refractivity contribution in [1.82, 2.24) is 4.90 Å². The van der Waals surface area contributed by atoms with E-state index in [9.17, 15) is 0 Å². The molecule has 2 rings (SSSR count). The Balaban J connectivity index is 1.70. The summed E-state index contributed by atoms with van der Waals surface area (Å²) in [7, 11) is 0. The largest absolute Gasteiger partial charge is 0.492 e. The third-order valence-corrected chi connectivity index (χ3v) is 3.57. The molecule has 1 aliphatic rings. The van der Waals surface area contributed by atoms with Gasteiger partial charge in [-0.05, 0) is 64.0 Å². The number of benzene rings is 1. The number of nitrogens with zero attached hydrogens (tertiary/aromatic N) is 1. The predicted molar refractivity (Wildman–Crippen MR) is 82.6 cm³/mol. The minimum atomic E-state index is 0.213. The van der Waals surface area contributed by atoms with Gasteiger partial charge in [0.25, 0.3) is 0 Å². The fourth-order valence-electron chi connectivity index (χ4n) is 2.54. The molecule has 0 N–H and O–H groups in total.